The summed E-state index contributed by atoms with van der Waals surface area (Å²) in [7, 11) is 0. The molecule has 24 heavy (non-hydrogen) atoms. The molecule has 3 rings (SSSR count). The number of hydrogen-bond acceptors (Lipinski definition) is 5. The molecular formula is C17H17N3O3S. The largest absolute Gasteiger partial charge is 0.506 e. The third kappa shape index (κ3) is 2.90. The van der Waals surface area contributed by atoms with Crippen LogP contribution in [0.15, 0.2) is 40.6 Å². The Labute approximate surface area is 142 Å². The van der Waals surface area contributed by atoms with Gasteiger partial charge in [0.2, 0.25) is 0 Å². The van der Waals surface area contributed by atoms with Gasteiger partial charge < -0.3 is 9.67 Å². The Morgan fingerprint density at radius 3 is 2.88 bits per heavy atom. The third-order valence-electron chi connectivity index (χ3n) is 3.76. The van der Waals surface area contributed by atoms with Crippen LogP contribution in [-0.4, -0.2) is 20.6 Å². The van der Waals surface area contributed by atoms with Crippen LogP contribution in [0.1, 0.15) is 30.1 Å². The first-order valence-electron chi connectivity index (χ1n) is 7.68. The highest BCUT2D eigenvalue weighted by molar-refractivity contribution is 7.13. The van der Waals surface area contributed by atoms with Crippen molar-refractivity contribution in [2.75, 3.05) is 5.32 Å². The molecule has 2 N–H and O–H groups in total. The minimum absolute atomic E-state index is 0.250. The number of aryl methyl sites for hydroxylation is 1. The molecule has 2 aromatic heterocycles. The maximum atomic E-state index is 12.8. The summed E-state index contributed by atoms with van der Waals surface area (Å²) in [4.78, 5) is 29.3. The molecule has 0 bridgehead atoms. The van der Waals surface area contributed by atoms with Gasteiger partial charge >= 0.3 is 0 Å². The number of nitrogens with one attached hydrogen (secondary N) is 1. The highest BCUT2D eigenvalue weighted by atomic mass is 32.1. The number of unbranched alkanes of at least 4 members (excludes halogenated alkanes) is 1. The van der Waals surface area contributed by atoms with E-state index in [4.69, 9.17) is 0 Å². The standard InChI is InChI=1S/C17H17N3O3S/c1-2-3-9-20-12-7-5-4-6-11(12)14(21)13(16(20)23)15(22)19-17-18-8-10-24-17/h4-8,10,21H,2-3,9H2,1H3,(H,18,19,22). The number of fused-ring (bicyclic) bond motifs is 1. The zero-order valence-electron chi connectivity index (χ0n) is 13.2. The molecule has 0 unspecified atom stereocenters. The van der Waals surface area contributed by atoms with Crippen LogP contribution >= 0.6 is 11.3 Å². The summed E-state index contributed by atoms with van der Waals surface area (Å²) >= 11 is 1.25. The predicted octanol–water partition coefficient (Wildman–Crippen LogP) is 3.22. The van der Waals surface area contributed by atoms with Crippen molar-refractivity contribution >= 4 is 33.3 Å². The highest BCUT2D eigenvalue weighted by Gasteiger charge is 2.22. The summed E-state index contributed by atoms with van der Waals surface area (Å²) in [6, 6.07) is 7.04. The van der Waals surface area contributed by atoms with E-state index in [0.29, 0.717) is 22.6 Å². The Morgan fingerprint density at radius 2 is 2.17 bits per heavy atom. The number of anilines is 1. The number of aromatic hydroxyl groups is 1. The lowest BCUT2D eigenvalue weighted by Crippen LogP contribution is -2.29. The molecule has 0 aliphatic heterocycles. The molecule has 0 fully saturated rings. The number of amides is 1. The Morgan fingerprint density at radius 1 is 1.38 bits per heavy atom. The van der Waals surface area contributed by atoms with Crippen molar-refractivity contribution in [2.24, 2.45) is 0 Å². The lowest BCUT2D eigenvalue weighted by molar-refractivity contribution is 0.102. The van der Waals surface area contributed by atoms with Gasteiger partial charge in [-0.05, 0) is 18.6 Å². The van der Waals surface area contributed by atoms with Gasteiger partial charge in [0.1, 0.15) is 11.3 Å². The number of rotatable bonds is 5. The Kier molecular flexibility index (Phi) is 4.61. The monoisotopic (exact) mass is 343 g/mol. The van der Waals surface area contributed by atoms with Gasteiger partial charge in [-0.1, -0.05) is 25.5 Å². The lowest BCUT2D eigenvalue weighted by atomic mass is 10.1. The van der Waals surface area contributed by atoms with Crippen molar-refractivity contribution in [2.45, 2.75) is 26.3 Å². The normalized spacial score (nSPS) is 10.9. The Hall–Kier alpha value is -2.67. The van der Waals surface area contributed by atoms with Crippen LogP contribution in [0.5, 0.6) is 5.75 Å². The molecule has 0 atom stereocenters. The number of nitrogens with zero attached hydrogens (tertiary/aromatic N) is 2. The molecule has 1 amide bonds. The van der Waals surface area contributed by atoms with E-state index in [-0.39, 0.29) is 11.3 Å². The third-order valence-corrected chi connectivity index (χ3v) is 4.45. The number of benzene rings is 1. The first kappa shape index (κ1) is 16.2. The fourth-order valence-electron chi connectivity index (χ4n) is 2.58. The van der Waals surface area contributed by atoms with Crippen LogP contribution < -0.4 is 10.9 Å². The van der Waals surface area contributed by atoms with E-state index in [1.807, 2.05) is 6.92 Å². The number of thiazole rings is 1. The van der Waals surface area contributed by atoms with Gasteiger partial charge in [0.05, 0.1) is 5.52 Å². The Bertz CT molecular complexity index is 932. The maximum Gasteiger partial charge on any atom is 0.267 e. The van der Waals surface area contributed by atoms with Crippen LogP contribution in [0.3, 0.4) is 0 Å². The van der Waals surface area contributed by atoms with Crippen LogP contribution in [0.2, 0.25) is 0 Å². The molecule has 7 heteroatoms. The van der Waals surface area contributed by atoms with E-state index in [0.717, 1.165) is 12.8 Å². The quantitative estimate of drug-likeness (QED) is 0.745. The number of para-hydroxylation sites is 1. The maximum absolute atomic E-state index is 12.8. The topological polar surface area (TPSA) is 84.2 Å². The first-order valence-corrected chi connectivity index (χ1v) is 8.56. The molecular weight excluding hydrogens is 326 g/mol. The van der Waals surface area contributed by atoms with Gasteiger partial charge in [0.15, 0.2) is 5.13 Å². The van der Waals surface area contributed by atoms with Gasteiger partial charge in [-0.25, -0.2) is 4.98 Å². The van der Waals surface area contributed by atoms with Gasteiger partial charge in [0.25, 0.3) is 11.5 Å². The van der Waals surface area contributed by atoms with E-state index in [1.165, 1.54) is 11.3 Å². The van der Waals surface area contributed by atoms with Crippen molar-refractivity contribution < 1.29 is 9.90 Å². The first-order chi connectivity index (χ1) is 11.6. The van der Waals surface area contributed by atoms with E-state index in [2.05, 4.69) is 10.3 Å². The van der Waals surface area contributed by atoms with Crippen LogP contribution in [0.25, 0.3) is 10.9 Å². The van der Waals surface area contributed by atoms with Crippen molar-refractivity contribution in [3.05, 3.63) is 51.8 Å². The number of aromatic nitrogens is 2. The average Bonchev–Trinajstić information content (AvgIpc) is 3.08. The molecule has 0 radical (unpaired) electrons. The van der Waals surface area contributed by atoms with Crippen molar-refractivity contribution in [1.29, 1.82) is 0 Å². The van der Waals surface area contributed by atoms with Crippen LogP contribution in [0, 0.1) is 0 Å². The number of carbonyl (C=O) groups is 1. The molecule has 1 aromatic carbocycles. The van der Waals surface area contributed by atoms with Crippen molar-refractivity contribution in [3.8, 4) is 5.75 Å². The molecule has 0 aliphatic carbocycles. The second-order valence-corrected chi connectivity index (χ2v) is 6.24. The molecule has 124 valence electrons. The fraction of sp³-hybridized carbons (Fsp3) is 0.235. The van der Waals surface area contributed by atoms with E-state index >= 15 is 0 Å². The fourth-order valence-corrected chi connectivity index (χ4v) is 3.10. The van der Waals surface area contributed by atoms with Crippen LogP contribution in [-0.2, 0) is 6.54 Å². The molecule has 2 heterocycles. The predicted molar refractivity (Wildman–Crippen MR) is 94.8 cm³/mol. The lowest BCUT2D eigenvalue weighted by Gasteiger charge is -2.14. The van der Waals surface area contributed by atoms with E-state index in [1.54, 1.807) is 40.4 Å². The van der Waals surface area contributed by atoms with Crippen molar-refractivity contribution in [1.82, 2.24) is 9.55 Å². The smallest absolute Gasteiger partial charge is 0.267 e. The summed E-state index contributed by atoms with van der Waals surface area (Å²) in [6.45, 7) is 2.53. The highest BCUT2D eigenvalue weighted by Crippen LogP contribution is 2.27. The summed E-state index contributed by atoms with van der Waals surface area (Å²) in [5.41, 5.74) is -0.118. The second kappa shape index (κ2) is 6.84. The summed E-state index contributed by atoms with van der Waals surface area (Å²) in [5.74, 6) is -0.944. The number of carbonyl (C=O) groups excluding carboxylic acids is 1. The van der Waals surface area contributed by atoms with Gasteiger partial charge in [-0.15, -0.1) is 11.3 Å². The molecule has 3 aromatic rings. The molecule has 0 saturated heterocycles. The summed E-state index contributed by atoms with van der Waals surface area (Å²) in [5, 5.41) is 15.6. The van der Waals surface area contributed by atoms with E-state index in [9.17, 15) is 14.7 Å². The molecule has 6 nitrogen and oxygen atoms in total. The number of hydrogen-bond donors (Lipinski definition) is 2. The minimum Gasteiger partial charge on any atom is -0.506 e. The Balaban J connectivity index is 2.16. The molecule has 0 saturated carbocycles. The molecule has 0 spiro atoms. The van der Waals surface area contributed by atoms with Crippen molar-refractivity contribution in [3.63, 3.8) is 0 Å². The zero-order valence-corrected chi connectivity index (χ0v) is 14.0. The summed E-state index contributed by atoms with van der Waals surface area (Å²) in [6.07, 6.45) is 3.28. The van der Waals surface area contributed by atoms with E-state index < -0.39 is 11.5 Å². The summed E-state index contributed by atoms with van der Waals surface area (Å²) < 4.78 is 1.55. The molecule has 0 aliphatic rings. The van der Waals surface area contributed by atoms with Crippen LogP contribution in [0.4, 0.5) is 5.13 Å². The van der Waals surface area contributed by atoms with Gasteiger partial charge in [-0.2, -0.15) is 0 Å². The average molecular weight is 343 g/mol. The zero-order chi connectivity index (χ0) is 17.1. The SMILES string of the molecule is CCCCn1c(=O)c(C(=O)Nc2nccs2)c(O)c2ccccc21. The van der Waals surface area contributed by atoms with Gasteiger partial charge in [-0.3, -0.25) is 14.9 Å². The number of pyridine rings is 1. The van der Waals surface area contributed by atoms with Gasteiger partial charge in [0, 0.05) is 23.5 Å². The minimum atomic E-state index is -0.650. The second-order valence-electron chi connectivity index (χ2n) is 5.34.